The van der Waals surface area contributed by atoms with Crippen molar-refractivity contribution in [3.8, 4) is 11.5 Å². The Morgan fingerprint density at radius 1 is 1.10 bits per heavy atom. The van der Waals surface area contributed by atoms with Gasteiger partial charge in [-0.15, -0.1) is 0 Å². The minimum absolute atomic E-state index is 0.215. The highest BCUT2D eigenvalue weighted by atomic mass is 35.5. The fraction of sp³-hybridized carbons (Fsp3) is 0.286. The predicted octanol–water partition coefficient (Wildman–Crippen LogP) is 2.10. The van der Waals surface area contributed by atoms with E-state index in [1.54, 1.807) is 31.4 Å². The zero-order valence-corrected chi connectivity index (χ0v) is 17.1. The van der Waals surface area contributed by atoms with Crippen molar-refractivity contribution in [2.24, 2.45) is 0 Å². The number of fused-ring (bicyclic) bond motifs is 1. The summed E-state index contributed by atoms with van der Waals surface area (Å²) in [5, 5.41) is 3.12. The monoisotopic (exact) mass is 429 g/mol. The predicted molar refractivity (Wildman–Crippen MR) is 111 cm³/mol. The van der Waals surface area contributed by atoms with Crippen LogP contribution >= 0.6 is 11.6 Å². The van der Waals surface area contributed by atoms with Crippen LogP contribution in [0.3, 0.4) is 0 Å². The number of rotatable bonds is 3. The molecule has 8 nitrogen and oxygen atoms in total. The average molecular weight is 430 g/mol. The van der Waals surface area contributed by atoms with Crippen LogP contribution in [0.25, 0.3) is 0 Å². The maximum atomic E-state index is 12.5. The molecule has 4 rings (SSSR count). The van der Waals surface area contributed by atoms with Gasteiger partial charge < -0.3 is 24.6 Å². The number of benzene rings is 2. The molecule has 0 spiro atoms. The number of esters is 1. The first-order chi connectivity index (χ1) is 14.4. The van der Waals surface area contributed by atoms with Gasteiger partial charge in [-0.1, -0.05) is 17.7 Å². The summed E-state index contributed by atoms with van der Waals surface area (Å²) in [6, 6.07) is 10.4. The van der Waals surface area contributed by atoms with Crippen molar-refractivity contribution in [3.63, 3.8) is 0 Å². The van der Waals surface area contributed by atoms with Crippen LogP contribution in [0.4, 0.5) is 11.4 Å². The molecule has 0 atom stereocenters. The largest absolute Gasteiger partial charge is 0.495 e. The molecule has 2 aromatic rings. The van der Waals surface area contributed by atoms with E-state index in [9.17, 15) is 14.4 Å². The van der Waals surface area contributed by atoms with Crippen molar-refractivity contribution in [1.82, 2.24) is 4.90 Å². The number of carbonyl (C=O) groups is 3. The molecule has 1 N–H and O–H groups in total. The van der Waals surface area contributed by atoms with Crippen LogP contribution in [-0.4, -0.2) is 56.0 Å². The first-order valence-electron chi connectivity index (χ1n) is 9.47. The quantitative estimate of drug-likeness (QED) is 0.456. The molecule has 2 aliphatic heterocycles. The molecule has 1 fully saturated rings. The third-order valence-electron chi connectivity index (χ3n) is 5.14. The Kier molecular flexibility index (Phi) is 5.50. The molecule has 2 aliphatic rings. The number of ether oxygens (including phenoxy) is 2. The molecule has 2 aromatic carbocycles. The van der Waals surface area contributed by atoms with Crippen molar-refractivity contribution < 1.29 is 23.9 Å². The van der Waals surface area contributed by atoms with Crippen LogP contribution in [0.15, 0.2) is 36.4 Å². The number of methoxy groups -OCH3 is 1. The summed E-state index contributed by atoms with van der Waals surface area (Å²) in [6.07, 6.45) is 0.215. The highest BCUT2D eigenvalue weighted by Gasteiger charge is 2.27. The molecule has 0 saturated carbocycles. The van der Waals surface area contributed by atoms with Gasteiger partial charge in [-0.25, -0.2) is 0 Å². The number of carbonyl (C=O) groups excluding carboxylic acids is 3. The van der Waals surface area contributed by atoms with Crippen LogP contribution < -0.4 is 19.7 Å². The number of amides is 2. The minimum Gasteiger partial charge on any atom is -0.495 e. The zero-order valence-electron chi connectivity index (χ0n) is 16.3. The maximum Gasteiger partial charge on any atom is 0.315 e. The van der Waals surface area contributed by atoms with Gasteiger partial charge in [0.25, 0.3) is 0 Å². The summed E-state index contributed by atoms with van der Waals surface area (Å²) in [5.74, 6) is -0.647. The Morgan fingerprint density at radius 2 is 1.87 bits per heavy atom. The molecule has 0 radical (unpaired) electrons. The summed E-state index contributed by atoms with van der Waals surface area (Å²) in [5.41, 5.74) is 2.12. The fourth-order valence-electron chi connectivity index (χ4n) is 3.53. The van der Waals surface area contributed by atoms with Gasteiger partial charge in [-0.3, -0.25) is 14.4 Å². The normalized spacial score (nSPS) is 15.5. The molecule has 0 bridgehead atoms. The van der Waals surface area contributed by atoms with E-state index in [2.05, 4.69) is 10.2 Å². The summed E-state index contributed by atoms with van der Waals surface area (Å²) >= 11 is 6.07. The number of nitrogens with zero attached hydrogens (tertiary/aromatic N) is 2. The third kappa shape index (κ3) is 4.04. The molecule has 9 heteroatoms. The van der Waals surface area contributed by atoms with Crippen molar-refractivity contribution >= 4 is 40.8 Å². The average Bonchev–Trinajstić information content (AvgIpc) is 3.13. The highest BCUT2D eigenvalue weighted by molar-refractivity contribution is 6.39. The van der Waals surface area contributed by atoms with Crippen molar-refractivity contribution in [2.75, 3.05) is 43.5 Å². The Bertz CT molecular complexity index is 1020. The summed E-state index contributed by atoms with van der Waals surface area (Å²) in [4.78, 5) is 39.9. The van der Waals surface area contributed by atoms with Crippen molar-refractivity contribution in [3.05, 3.63) is 47.0 Å². The number of hydrogen-bond donors (Lipinski definition) is 1. The van der Waals surface area contributed by atoms with Crippen molar-refractivity contribution in [1.29, 1.82) is 0 Å². The lowest BCUT2D eigenvalue weighted by atomic mass is 10.1. The van der Waals surface area contributed by atoms with Crippen LogP contribution in [-0.2, 0) is 20.8 Å². The van der Waals surface area contributed by atoms with E-state index < -0.39 is 11.8 Å². The van der Waals surface area contributed by atoms with E-state index in [0.717, 1.165) is 11.3 Å². The molecule has 30 heavy (non-hydrogen) atoms. The molecule has 2 amide bonds. The smallest absolute Gasteiger partial charge is 0.315 e. The molecule has 2 heterocycles. The molecule has 0 aliphatic carbocycles. The molecule has 156 valence electrons. The number of piperazine rings is 1. The SMILES string of the molecule is COc1cc(N2CCN(C(=O)C(=O)Nc3ccc4c(c3)OC(=O)C4)CC2)ccc1Cl. The fourth-order valence-corrected chi connectivity index (χ4v) is 3.72. The Labute approximate surface area is 178 Å². The topological polar surface area (TPSA) is 88.2 Å². The standard InChI is InChI=1S/C21H20ClN3O5/c1-29-18-12-15(4-5-16(18)22)24-6-8-25(9-7-24)21(28)20(27)23-14-3-2-13-10-19(26)30-17(13)11-14/h2-5,11-12H,6-10H2,1H3,(H,23,27). The summed E-state index contributed by atoms with van der Waals surface area (Å²) < 4.78 is 10.3. The van der Waals surface area contributed by atoms with E-state index in [-0.39, 0.29) is 12.4 Å². The summed E-state index contributed by atoms with van der Waals surface area (Å²) in [6.45, 7) is 2.00. The summed E-state index contributed by atoms with van der Waals surface area (Å²) in [7, 11) is 1.56. The molecular weight excluding hydrogens is 410 g/mol. The van der Waals surface area contributed by atoms with Gasteiger partial charge >= 0.3 is 17.8 Å². The zero-order chi connectivity index (χ0) is 21.3. The van der Waals surface area contributed by atoms with E-state index in [1.165, 1.54) is 4.90 Å². The number of hydrogen-bond acceptors (Lipinski definition) is 6. The molecule has 0 unspecified atom stereocenters. The second-order valence-corrected chi connectivity index (χ2v) is 7.43. The Balaban J connectivity index is 1.34. The molecule has 0 aromatic heterocycles. The molecule has 1 saturated heterocycles. The van der Waals surface area contributed by atoms with Gasteiger partial charge in [-0.2, -0.15) is 0 Å². The van der Waals surface area contributed by atoms with Crippen LogP contribution in [0.2, 0.25) is 5.02 Å². The highest BCUT2D eigenvalue weighted by Crippen LogP contribution is 2.30. The van der Waals surface area contributed by atoms with E-state index in [1.807, 2.05) is 12.1 Å². The van der Waals surface area contributed by atoms with Gasteiger partial charge in [0.05, 0.1) is 18.6 Å². The van der Waals surface area contributed by atoms with Gasteiger partial charge in [0.1, 0.15) is 11.5 Å². The van der Waals surface area contributed by atoms with Crippen LogP contribution in [0.1, 0.15) is 5.56 Å². The lowest BCUT2D eigenvalue weighted by molar-refractivity contribution is -0.143. The second kappa shape index (κ2) is 8.23. The second-order valence-electron chi connectivity index (χ2n) is 7.03. The van der Waals surface area contributed by atoms with Gasteiger partial charge in [0.15, 0.2) is 0 Å². The van der Waals surface area contributed by atoms with Gasteiger partial charge in [0, 0.05) is 55.2 Å². The van der Waals surface area contributed by atoms with Crippen LogP contribution in [0, 0.1) is 0 Å². The number of nitrogens with one attached hydrogen (secondary N) is 1. The minimum atomic E-state index is -0.721. The Hall–Kier alpha value is -3.26. The third-order valence-corrected chi connectivity index (χ3v) is 5.46. The first-order valence-corrected chi connectivity index (χ1v) is 9.85. The van der Waals surface area contributed by atoms with Gasteiger partial charge in [0.2, 0.25) is 0 Å². The van der Waals surface area contributed by atoms with Gasteiger partial charge in [-0.05, 0) is 18.2 Å². The number of halogens is 1. The van der Waals surface area contributed by atoms with E-state index in [4.69, 9.17) is 21.1 Å². The van der Waals surface area contributed by atoms with Crippen molar-refractivity contribution in [2.45, 2.75) is 6.42 Å². The van der Waals surface area contributed by atoms with Crippen LogP contribution in [0.5, 0.6) is 11.5 Å². The van der Waals surface area contributed by atoms with E-state index in [0.29, 0.717) is 48.4 Å². The lowest BCUT2D eigenvalue weighted by Crippen LogP contribution is -2.51. The molecular formula is C21H20ClN3O5. The maximum absolute atomic E-state index is 12.5. The lowest BCUT2D eigenvalue weighted by Gasteiger charge is -2.35. The Morgan fingerprint density at radius 3 is 2.60 bits per heavy atom. The van der Waals surface area contributed by atoms with E-state index >= 15 is 0 Å². The number of anilines is 2. The first kappa shape index (κ1) is 20.0.